The minimum absolute atomic E-state index is 0.0280. The summed E-state index contributed by atoms with van der Waals surface area (Å²) in [5.74, 6) is 1.93. The first-order chi connectivity index (χ1) is 15.8. The van der Waals surface area contributed by atoms with E-state index < -0.39 is 22.8 Å². The van der Waals surface area contributed by atoms with Gasteiger partial charge in [-0.2, -0.15) is 13.2 Å². The van der Waals surface area contributed by atoms with Gasteiger partial charge in [0.1, 0.15) is 23.8 Å². The molecule has 0 aliphatic carbocycles. The average molecular weight is 478 g/mol. The Morgan fingerprint density at radius 1 is 0.970 bits per heavy atom. The zero-order valence-corrected chi connectivity index (χ0v) is 17.9. The summed E-state index contributed by atoms with van der Waals surface area (Å²) in [5, 5.41) is 5.19. The molecule has 3 aromatic rings. The van der Waals surface area contributed by atoms with Gasteiger partial charge in [0.15, 0.2) is 0 Å². The van der Waals surface area contributed by atoms with Crippen molar-refractivity contribution < 1.29 is 18.0 Å². The van der Waals surface area contributed by atoms with Gasteiger partial charge in [0.2, 0.25) is 0 Å². The van der Waals surface area contributed by atoms with Crippen LogP contribution in [-0.2, 0) is 6.18 Å². The number of benzene rings is 1. The average Bonchev–Trinajstić information content (AvgIpc) is 2.80. The molecule has 0 saturated carbocycles. The standard InChI is InChI=1S/C21H19ClF3N7O/c22-16-5-4-14(11-15(16)21(23,24)25)29-20(33)32-9-7-31(8-10-32)19-12-18(27-13-28-19)30-17-3-1-2-6-26-17/h1-6,11-13H,7-10H2,(H,29,33)(H,26,27,28,30). The van der Waals surface area contributed by atoms with Crippen molar-refractivity contribution in [2.45, 2.75) is 6.18 Å². The number of aromatic nitrogens is 3. The summed E-state index contributed by atoms with van der Waals surface area (Å²) < 4.78 is 39.1. The molecule has 2 aromatic heterocycles. The molecule has 0 atom stereocenters. The first-order valence-corrected chi connectivity index (χ1v) is 10.3. The van der Waals surface area contributed by atoms with E-state index in [-0.39, 0.29) is 5.69 Å². The van der Waals surface area contributed by atoms with Crippen LogP contribution in [0, 0.1) is 0 Å². The highest BCUT2D eigenvalue weighted by atomic mass is 35.5. The highest BCUT2D eigenvalue weighted by Gasteiger charge is 2.33. The second kappa shape index (κ2) is 9.49. The van der Waals surface area contributed by atoms with Gasteiger partial charge in [-0.1, -0.05) is 17.7 Å². The minimum Gasteiger partial charge on any atom is -0.353 e. The van der Waals surface area contributed by atoms with E-state index in [1.165, 1.54) is 17.3 Å². The summed E-state index contributed by atoms with van der Waals surface area (Å²) in [6, 6.07) is 10.1. The van der Waals surface area contributed by atoms with Crippen LogP contribution in [0.15, 0.2) is 55.0 Å². The normalized spacial score (nSPS) is 14.2. The lowest BCUT2D eigenvalue weighted by molar-refractivity contribution is -0.137. The number of anilines is 4. The Morgan fingerprint density at radius 3 is 2.45 bits per heavy atom. The van der Waals surface area contributed by atoms with E-state index in [1.54, 1.807) is 12.3 Å². The third kappa shape index (κ3) is 5.61. The second-order valence-corrected chi connectivity index (χ2v) is 7.61. The molecule has 1 fully saturated rings. The van der Waals surface area contributed by atoms with Crippen molar-refractivity contribution in [3.63, 3.8) is 0 Å². The van der Waals surface area contributed by atoms with Gasteiger partial charge >= 0.3 is 12.2 Å². The summed E-state index contributed by atoms with van der Waals surface area (Å²) in [4.78, 5) is 28.8. The lowest BCUT2D eigenvalue weighted by Gasteiger charge is -2.35. The SMILES string of the molecule is O=C(Nc1ccc(Cl)c(C(F)(F)F)c1)N1CCN(c2cc(Nc3ccccn3)ncn2)CC1. The van der Waals surface area contributed by atoms with Gasteiger partial charge < -0.3 is 20.4 Å². The molecule has 1 saturated heterocycles. The number of pyridine rings is 1. The van der Waals surface area contributed by atoms with Crippen molar-refractivity contribution >= 4 is 40.8 Å². The Kier molecular flexibility index (Phi) is 6.50. The lowest BCUT2D eigenvalue weighted by atomic mass is 10.2. The van der Waals surface area contributed by atoms with Gasteiger partial charge in [-0.05, 0) is 30.3 Å². The van der Waals surface area contributed by atoms with Crippen molar-refractivity contribution in [2.24, 2.45) is 0 Å². The maximum atomic E-state index is 13.0. The molecule has 12 heteroatoms. The summed E-state index contributed by atoms with van der Waals surface area (Å²) >= 11 is 5.63. The van der Waals surface area contributed by atoms with E-state index in [4.69, 9.17) is 11.6 Å². The van der Waals surface area contributed by atoms with E-state index >= 15 is 0 Å². The number of hydrogen-bond acceptors (Lipinski definition) is 6. The van der Waals surface area contributed by atoms with Gasteiger partial charge in [0.25, 0.3) is 0 Å². The Bertz CT molecular complexity index is 1120. The third-order valence-corrected chi connectivity index (χ3v) is 5.32. The van der Waals surface area contributed by atoms with E-state index in [1.807, 2.05) is 23.1 Å². The number of halogens is 4. The van der Waals surface area contributed by atoms with Crippen molar-refractivity contribution in [3.8, 4) is 0 Å². The number of hydrogen-bond donors (Lipinski definition) is 2. The molecule has 1 aliphatic rings. The van der Waals surface area contributed by atoms with Crippen LogP contribution in [0.2, 0.25) is 5.02 Å². The first-order valence-electron chi connectivity index (χ1n) is 9.97. The number of carbonyl (C=O) groups is 1. The summed E-state index contributed by atoms with van der Waals surface area (Å²) in [5.41, 5.74) is -0.967. The van der Waals surface area contributed by atoms with E-state index in [0.29, 0.717) is 43.6 Å². The molecule has 0 radical (unpaired) electrons. The van der Waals surface area contributed by atoms with Crippen LogP contribution in [0.1, 0.15) is 5.56 Å². The van der Waals surface area contributed by atoms with Gasteiger partial charge in [-0.25, -0.2) is 19.7 Å². The molecule has 3 heterocycles. The second-order valence-electron chi connectivity index (χ2n) is 7.20. The first kappa shape index (κ1) is 22.6. The van der Waals surface area contributed by atoms with Crippen molar-refractivity contribution in [3.05, 3.63) is 65.6 Å². The number of rotatable bonds is 4. The van der Waals surface area contributed by atoms with Crippen LogP contribution in [0.5, 0.6) is 0 Å². The molecule has 4 rings (SSSR count). The molecule has 1 aromatic carbocycles. The fourth-order valence-electron chi connectivity index (χ4n) is 3.32. The van der Waals surface area contributed by atoms with Crippen LogP contribution < -0.4 is 15.5 Å². The zero-order valence-electron chi connectivity index (χ0n) is 17.2. The van der Waals surface area contributed by atoms with E-state index in [2.05, 4.69) is 25.6 Å². The number of alkyl halides is 3. The summed E-state index contributed by atoms with van der Waals surface area (Å²) in [6.45, 7) is 1.75. The van der Waals surface area contributed by atoms with E-state index in [9.17, 15) is 18.0 Å². The Hall–Kier alpha value is -3.60. The molecule has 0 bridgehead atoms. The van der Waals surface area contributed by atoms with E-state index in [0.717, 1.165) is 12.1 Å². The minimum atomic E-state index is -4.61. The predicted octanol–water partition coefficient (Wildman–Crippen LogP) is 4.64. The number of piperazine rings is 1. The molecule has 172 valence electrons. The molecule has 8 nitrogen and oxygen atoms in total. The number of urea groups is 1. The lowest BCUT2D eigenvalue weighted by Crippen LogP contribution is -2.50. The van der Waals surface area contributed by atoms with Crippen molar-refractivity contribution in [1.82, 2.24) is 19.9 Å². The molecule has 1 aliphatic heterocycles. The maximum absolute atomic E-state index is 13.0. The van der Waals surface area contributed by atoms with Crippen LogP contribution >= 0.6 is 11.6 Å². The van der Waals surface area contributed by atoms with Crippen LogP contribution in [0.25, 0.3) is 0 Å². The predicted molar refractivity (Wildman–Crippen MR) is 119 cm³/mol. The topological polar surface area (TPSA) is 86.3 Å². The zero-order chi connectivity index (χ0) is 23.4. The highest BCUT2D eigenvalue weighted by molar-refractivity contribution is 6.31. The largest absolute Gasteiger partial charge is 0.417 e. The summed E-state index contributed by atoms with van der Waals surface area (Å²) in [7, 11) is 0. The maximum Gasteiger partial charge on any atom is 0.417 e. The molecule has 0 spiro atoms. The molecule has 2 N–H and O–H groups in total. The van der Waals surface area contributed by atoms with Gasteiger partial charge in [-0.3, -0.25) is 0 Å². The highest BCUT2D eigenvalue weighted by Crippen LogP contribution is 2.36. The fraction of sp³-hybridized carbons (Fsp3) is 0.238. The monoisotopic (exact) mass is 477 g/mol. The van der Waals surface area contributed by atoms with Crippen LogP contribution in [0.4, 0.5) is 41.1 Å². The van der Waals surface area contributed by atoms with Crippen molar-refractivity contribution in [2.75, 3.05) is 41.7 Å². The Labute approximate surface area is 192 Å². The number of amides is 2. The van der Waals surface area contributed by atoms with Gasteiger partial charge in [0, 0.05) is 44.1 Å². The molecule has 0 unspecified atom stereocenters. The number of nitrogens with one attached hydrogen (secondary N) is 2. The van der Waals surface area contributed by atoms with Gasteiger partial charge in [-0.15, -0.1) is 0 Å². The molecular weight excluding hydrogens is 459 g/mol. The smallest absolute Gasteiger partial charge is 0.353 e. The van der Waals surface area contributed by atoms with Crippen LogP contribution in [-0.4, -0.2) is 52.1 Å². The quantitative estimate of drug-likeness (QED) is 0.569. The molecule has 2 amide bonds. The Balaban J connectivity index is 1.35. The van der Waals surface area contributed by atoms with Crippen LogP contribution in [0.3, 0.4) is 0 Å². The third-order valence-electron chi connectivity index (χ3n) is 4.99. The van der Waals surface area contributed by atoms with Gasteiger partial charge in [0.05, 0.1) is 10.6 Å². The molecule has 33 heavy (non-hydrogen) atoms. The fourth-order valence-corrected chi connectivity index (χ4v) is 3.54. The number of carbonyl (C=O) groups excluding carboxylic acids is 1. The van der Waals surface area contributed by atoms with Crippen molar-refractivity contribution in [1.29, 1.82) is 0 Å². The molecular formula is C21H19ClF3N7O. The summed E-state index contributed by atoms with van der Waals surface area (Å²) in [6.07, 6.45) is -1.49. The Morgan fingerprint density at radius 2 is 1.76 bits per heavy atom. The number of nitrogens with zero attached hydrogens (tertiary/aromatic N) is 5.